The van der Waals surface area contributed by atoms with E-state index in [1.54, 1.807) is 12.1 Å². The van der Waals surface area contributed by atoms with Gasteiger partial charge in [0.05, 0.1) is 11.4 Å². The highest BCUT2D eigenvalue weighted by atomic mass is 16.6. The van der Waals surface area contributed by atoms with E-state index < -0.39 is 42.7 Å². The van der Waals surface area contributed by atoms with Gasteiger partial charge < -0.3 is 30.3 Å². The summed E-state index contributed by atoms with van der Waals surface area (Å²) in [7, 11) is 1.52. The number of nitrogens with zero attached hydrogens (tertiary/aromatic N) is 3. The number of aliphatic hydroxyl groups excluding tert-OH is 4. The molecule has 0 unspecified atom stereocenters. The van der Waals surface area contributed by atoms with Gasteiger partial charge in [-0.1, -0.05) is 0 Å². The van der Waals surface area contributed by atoms with Crippen molar-refractivity contribution < 1.29 is 39.6 Å². The Labute approximate surface area is 155 Å². The monoisotopic (exact) mass is 386 g/mol. The normalized spacial score (nSPS) is 29.1. The topological polar surface area (TPSA) is 164 Å². The summed E-state index contributed by atoms with van der Waals surface area (Å²) in [6, 6.07) is 3.21. The number of aromatic nitrogens is 1. The van der Waals surface area contributed by atoms with Crippen LogP contribution in [0.15, 0.2) is 29.8 Å². The van der Waals surface area contributed by atoms with Crippen LogP contribution in [-0.2, 0) is 9.53 Å². The molecule has 1 aromatic rings. The van der Waals surface area contributed by atoms with E-state index in [1.165, 1.54) is 29.0 Å². The molecule has 1 saturated heterocycles. The molecule has 6 atom stereocenters. The first-order chi connectivity index (χ1) is 12.8. The maximum atomic E-state index is 11.2. The predicted molar refractivity (Wildman–Crippen MR) is 88.8 cm³/mol. The van der Waals surface area contributed by atoms with E-state index in [0.29, 0.717) is 24.9 Å². The van der Waals surface area contributed by atoms with Crippen LogP contribution in [0.25, 0.3) is 0 Å². The summed E-state index contributed by atoms with van der Waals surface area (Å²) in [6.07, 6.45) is -5.10. The van der Waals surface area contributed by atoms with Crippen LogP contribution in [-0.4, -0.2) is 74.5 Å². The number of nitroso groups, excluding NO2 is 1. The number of rotatable bonds is 8. The highest BCUT2D eigenvalue weighted by Crippen LogP contribution is 2.26. The van der Waals surface area contributed by atoms with Crippen LogP contribution >= 0.6 is 0 Å². The second-order valence-electron chi connectivity index (χ2n) is 6.46. The molecule has 0 aliphatic carbocycles. The Morgan fingerprint density at radius 3 is 2.67 bits per heavy atom. The number of aliphatic carboxylic acids is 1. The molecule has 1 aliphatic rings. The summed E-state index contributed by atoms with van der Waals surface area (Å²) in [5.74, 6) is -1.47. The van der Waals surface area contributed by atoms with E-state index in [0.717, 1.165) is 0 Å². The molecule has 0 radical (unpaired) electrons. The molecule has 1 aromatic heterocycles. The Bertz CT molecular complexity index is 660. The smallest absolute Gasteiger partial charge is 0.335 e. The molecule has 0 amide bonds. The number of aliphatic hydroxyl groups is 4. The van der Waals surface area contributed by atoms with E-state index in [1.807, 2.05) is 0 Å². The molecule has 2 rings (SSSR count). The molecular weight excluding hydrogens is 362 g/mol. The van der Waals surface area contributed by atoms with Crippen molar-refractivity contribution in [2.45, 2.75) is 49.6 Å². The molecule has 0 aromatic carbocycles. The SMILES string of the molecule is CN(CCC[C@H](O)c1ccc[n+]([C@@H]2O[C@H](C(=O)O)[C@@H](O)[C@H](O)[C@@H]2O)c1)N=O. The number of carboxylic acids is 1. The van der Waals surface area contributed by atoms with Gasteiger partial charge in [-0.15, -0.1) is 4.91 Å². The van der Waals surface area contributed by atoms with Crippen LogP contribution in [0.5, 0.6) is 0 Å². The second-order valence-corrected chi connectivity index (χ2v) is 6.46. The first kappa shape index (κ1) is 21.1. The standard InChI is InChI=1S/C16H23N3O8/c1-18(17-26)6-3-5-10(20)9-4-2-7-19(8-9)15-13(23)11(21)12(22)14(27-15)16(24)25/h2,4,7-8,10-15,20-23H,3,5-6H2,1H3/p+1/t10-,11-,12-,13-,14-,15+/m0/s1. The molecule has 2 heterocycles. The Hall–Kier alpha value is -2.18. The van der Waals surface area contributed by atoms with Gasteiger partial charge in [-0.3, -0.25) is 5.01 Å². The van der Waals surface area contributed by atoms with E-state index in [-0.39, 0.29) is 0 Å². The third-order valence-electron chi connectivity index (χ3n) is 4.45. The molecule has 5 N–H and O–H groups in total. The summed E-state index contributed by atoms with van der Waals surface area (Å²) in [5, 5.41) is 53.2. The van der Waals surface area contributed by atoms with Crippen molar-refractivity contribution >= 4 is 5.97 Å². The van der Waals surface area contributed by atoms with Gasteiger partial charge in [-0.25, -0.2) is 4.79 Å². The van der Waals surface area contributed by atoms with E-state index in [2.05, 4.69) is 5.29 Å². The average molecular weight is 386 g/mol. The maximum Gasteiger partial charge on any atom is 0.335 e. The van der Waals surface area contributed by atoms with Crippen molar-refractivity contribution in [2.75, 3.05) is 13.6 Å². The van der Waals surface area contributed by atoms with Crippen LogP contribution in [0, 0.1) is 4.91 Å². The molecule has 0 spiro atoms. The summed E-state index contributed by atoms with van der Waals surface area (Å²) >= 11 is 0. The van der Waals surface area contributed by atoms with E-state index in [4.69, 9.17) is 9.84 Å². The average Bonchev–Trinajstić information content (AvgIpc) is 2.65. The molecule has 0 saturated carbocycles. The zero-order valence-corrected chi connectivity index (χ0v) is 14.7. The Kier molecular flexibility index (Phi) is 7.16. The molecule has 27 heavy (non-hydrogen) atoms. The van der Waals surface area contributed by atoms with Gasteiger partial charge in [0.25, 0.3) is 6.23 Å². The molecule has 0 bridgehead atoms. The van der Waals surface area contributed by atoms with Gasteiger partial charge in [0.1, 0.15) is 12.2 Å². The summed E-state index contributed by atoms with van der Waals surface area (Å²) in [4.78, 5) is 21.5. The molecule has 11 nitrogen and oxygen atoms in total. The number of hydrogen-bond donors (Lipinski definition) is 5. The summed E-state index contributed by atoms with van der Waals surface area (Å²) in [5.41, 5.74) is 0.475. The van der Waals surface area contributed by atoms with Gasteiger partial charge in [-0.2, -0.15) is 4.57 Å². The molecule has 1 fully saturated rings. The van der Waals surface area contributed by atoms with E-state index in [9.17, 15) is 30.1 Å². The summed E-state index contributed by atoms with van der Waals surface area (Å²) < 4.78 is 6.59. The van der Waals surface area contributed by atoms with Crippen molar-refractivity contribution in [2.24, 2.45) is 5.29 Å². The van der Waals surface area contributed by atoms with Crippen LogP contribution in [0.1, 0.15) is 30.7 Å². The fourth-order valence-electron chi connectivity index (χ4n) is 2.90. The third kappa shape index (κ3) is 4.96. The van der Waals surface area contributed by atoms with Crippen LogP contribution in [0.2, 0.25) is 0 Å². The summed E-state index contributed by atoms with van der Waals surface area (Å²) in [6.45, 7) is 0.377. The number of ether oxygens (including phenoxy) is 1. The fraction of sp³-hybridized carbons (Fsp3) is 0.625. The first-order valence-electron chi connectivity index (χ1n) is 8.42. The lowest BCUT2D eigenvalue weighted by Crippen LogP contribution is -2.63. The maximum absolute atomic E-state index is 11.2. The zero-order valence-electron chi connectivity index (χ0n) is 14.7. The third-order valence-corrected chi connectivity index (χ3v) is 4.45. The zero-order chi connectivity index (χ0) is 20.1. The van der Waals surface area contributed by atoms with Crippen LogP contribution in [0.3, 0.4) is 0 Å². The minimum absolute atomic E-state index is 0.344. The predicted octanol–water partition coefficient (Wildman–Crippen LogP) is -1.53. The fourth-order valence-corrected chi connectivity index (χ4v) is 2.90. The number of carbonyl (C=O) groups is 1. The number of pyridine rings is 1. The highest BCUT2D eigenvalue weighted by Gasteiger charge is 2.51. The minimum Gasteiger partial charge on any atom is -0.479 e. The van der Waals surface area contributed by atoms with Gasteiger partial charge >= 0.3 is 5.97 Å². The molecule has 150 valence electrons. The van der Waals surface area contributed by atoms with Crippen molar-refractivity contribution in [3.05, 3.63) is 35.0 Å². The van der Waals surface area contributed by atoms with Gasteiger partial charge in [-0.05, 0) is 18.9 Å². The lowest BCUT2D eigenvalue weighted by Gasteiger charge is -2.35. The minimum atomic E-state index is -1.77. The number of hydrogen-bond acceptors (Lipinski definition) is 8. The Balaban J connectivity index is 2.13. The molecule has 1 aliphatic heterocycles. The van der Waals surface area contributed by atoms with Crippen molar-refractivity contribution in [1.82, 2.24) is 5.01 Å². The lowest BCUT2D eigenvalue weighted by atomic mass is 9.97. The van der Waals surface area contributed by atoms with E-state index >= 15 is 0 Å². The lowest BCUT2D eigenvalue weighted by molar-refractivity contribution is -0.777. The van der Waals surface area contributed by atoms with Gasteiger partial charge in [0, 0.05) is 25.2 Å². The first-order valence-corrected chi connectivity index (χ1v) is 8.42. The van der Waals surface area contributed by atoms with Crippen LogP contribution < -0.4 is 4.57 Å². The van der Waals surface area contributed by atoms with Gasteiger partial charge in [0.15, 0.2) is 24.6 Å². The second kappa shape index (κ2) is 9.15. The Morgan fingerprint density at radius 2 is 2.04 bits per heavy atom. The highest BCUT2D eigenvalue weighted by molar-refractivity contribution is 5.73. The van der Waals surface area contributed by atoms with Crippen molar-refractivity contribution in [3.63, 3.8) is 0 Å². The molecular formula is C16H24N3O8+. The quantitative estimate of drug-likeness (QED) is 0.202. The van der Waals surface area contributed by atoms with Crippen molar-refractivity contribution in [1.29, 1.82) is 0 Å². The van der Waals surface area contributed by atoms with Gasteiger partial charge in [0.2, 0.25) is 0 Å². The number of carboxylic acid groups (broad SMARTS) is 1. The van der Waals surface area contributed by atoms with Crippen LogP contribution in [0.4, 0.5) is 0 Å². The molecule has 11 heteroatoms. The largest absolute Gasteiger partial charge is 0.479 e. The Morgan fingerprint density at radius 1 is 1.33 bits per heavy atom. The van der Waals surface area contributed by atoms with Crippen molar-refractivity contribution in [3.8, 4) is 0 Å².